The van der Waals surface area contributed by atoms with Crippen LogP contribution in [0.2, 0.25) is 0 Å². The van der Waals surface area contributed by atoms with Gasteiger partial charge in [-0.05, 0) is 39.3 Å². The largest absolute Gasteiger partial charge is 0.478 e. The van der Waals surface area contributed by atoms with Crippen LogP contribution < -0.4 is 0 Å². The van der Waals surface area contributed by atoms with Crippen LogP contribution in [0.1, 0.15) is 31.9 Å². The summed E-state index contributed by atoms with van der Waals surface area (Å²) in [6.45, 7) is 7.03. The Morgan fingerprint density at radius 2 is 1.94 bits per heavy atom. The van der Waals surface area contributed by atoms with Crippen molar-refractivity contribution in [3.05, 3.63) is 40.9 Å². The first-order valence-corrected chi connectivity index (χ1v) is 5.30. The van der Waals surface area contributed by atoms with Crippen molar-refractivity contribution in [1.82, 2.24) is 4.98 Å². The van der Waals surface area contributed by atoms with Gasteiger partial charge in [0.05, 0.1) is 5.57 Å². The van der Waals surface area contributed by atoms with Gasteiger partial charge in [0.1, 0.15) is 0 Å². The molecule has 0 amide bonds. The van der Waals surface area contributed by atoms with E-state index < -0.39 is 5.97 Å². The molecule has 4 nitrogen and oxygen atoms in total. The quantitative estimate of drug-likeness (QED) is 0.643. The maximum Gasteiger partial charge on any atom is 0.333 e. The van der Waals surface area contributed by atoms with Gasteiger partial charge in [-0.1, -0.05) is 0 Å². The molecule has 0 aromatic carbocycles. The Bertz CT molecular complexity index is 502. The lowest BCUT2D eigenvalue weighted by Gasteiger charge is -2.03. The molecule has 0 atom stereocenters. The van der Waals surface area contributed by atoms with E-state index in [4.69, 9.17) is 5.11 Å². The fourth-order valence-electron chi connectivity index (χ4n) is 1.31. The molecule has 90 valence electrons. The molecule has 0 saturated carbocycles. The number of aliphatic imine (C=N–C) groups is 1. The smallest absolute Gasteiger partial charge is 0.333 e. The van der Waals surface area contributed by atoms with Gasteiger partial charge in [0, 0.05) is 29.4 Å². The maximum atomic E-state index is 10.8. The van der Waals surface area contributed by atoms with Crippen LogP contribution in [0, 0.1) is 6.92 Å². The topological polar surface area (TPSA) is 62.5 Å². The molecule has 0 aliphatic rings. The summed E-state index contributed by atoms with van der Waals surface area (Å²) >= 11 is 0. The fraction of sp³-hybridized carbons (Fsp3) is 0.308. The Morgan fingerprint density at radius 1 is 1.29 bits per heavy atom. The molecule has 0 unspecified atom stereocenters. The van der Waals surface area contributed by atoms with Crippen molar-refractivity contribution in [2.75, 3.05) is 0 Å². The third kappa shape index (κ3) is 3.52. The summed E-state index contributed by atoms with van der Waals surface area (Å²) < 4.78 is 0. The Labute approximate surface area is 101 Å². The zero-order valence-corrected chi connectivity index (χ0v) is 10.5. The minimum Gasteiger partial charge on any atom is -0.478 e. The highest BCUT2D eigenvalue weighted by molar-refractivity contribution is 5.99. The number of carboxylic acids is 1. The average molecular weight is 232 g/mol. The van der Waals surface area contributed by atoms with Crippen molar-refractivity contribution in [1.29, 1.82) is 0 Å². The molecule has 0 bridgehead atoms. The molecule has 0 aliphatic heterocycles. The summed E-state index contributed by atoms with van der Waals surface area (Å²) in [5.74, 6) is -0.943. The van der Waals surface area contributed by atoms with Crippen molar-refractivity contribution in [2.45, 2.75) is 27.7 Å². The number of aryl methyl sites for hydroxylation is 1. The van der Waals surface area contributed by atoms with Crippen molar-refractivity contribution in [3.8, 4) is 0 Å². The molecule has 1 rings (SSSR count). The van der Waals surface area contributed by atoms with E-state index in [9.17, 15) is 4.79 Å². The van der Waals surface area contributed by atoms with Gasteiger partial charge in [0.15, 0.2) is 0 Å². The van der Waals surface area contributed by atoms with Gasteiger partial charge in [0.2, 0.25) is 0 Å². The Morgan fingerprint density at radius 3 is 2.47 bits per heavy atom. The second-order valence-electron chi connectivity index (χ2n) is 3.96. The van der Waals surface area contributed by atoms with Gasteiger partial charge in [-0.3, -0.25) is 9.98 Å². The molecule has 0 saturated heterocycles. The predicted molar refractivity (Wildman–Crippen MR) is 67.2 cm³/mol. The van der Waals surface area contributed by atoms with Crippen molar-refractivity contribution >= 4 is 11.7 Å². The minimum absolute atomic E-state index is 0.255. The zero-order valence-electron chi connectivity index (χ0n) is 10.5. The highest BCUT2D eigenvalue weighted by atomic mass is 16.4. The SMILES string of the molecule is CC(=N/C(C)=C(\C)C(=O)O)c1cncc(C)c1. The Balaban J connectivity index is 3.09. The van der Waals surface area contributed by atoms with Gasteiger partial charge < -0.3 is 5.11 Å². The van der Waals surface area contributed by atoms with Crippen LogP contribution >= 0.6 is 0 Å². The molecular formula is C13H16N2O2. The van der Waals surface area contributed by atoms with Crippen molar-refractivity contribution in [2.24, 2.45) is 4.99 Å². The first kappa shape index (κ1) is 13.1. The van der Waals surface area contributed by atoms with Crippen molar-refractivity contribution in [3.63, 3.8) is 0 Å². The third-order valence-electron chi connectivity index (χ3n) is 2.49. The number of carbonyl (C=O) groups is 1. The van der Waals surface area contributed by atoms with E-state index in [0.29, 0.717) is 5.70 Å². The van der Waals surface area contributed by atoms with Crippen molar-refractivity contribution < 1.29 is 9.90 Å². The number of aromatic nitrogens is 1. The Kier molecular flexibility index (Phi) is 4.15. The molecule has 1 N–H and O–H groups in total. The summed E-state index contributed by atoms with van der Waals surface area (Å²) in [6.07, 6.45) is 3.48. The van der Waals surface area contributed by atoms with Crippen LogP contribution in [0.25, 0.3) is 0 Å². The first-order valence-electron chi connectivity index (χ1n) is 5.30. The van der Waals surface area contributed by atoms with E-state index in [0.717, 1.165) is 16.8 Å². The maximum absolute atomic E-state index is 10.8. The number of hydrogen-bond acceptors (Lipinski definition) is 3. The highest BCUT2D eigenvalue weighted by Gasteiger charge is 2.05. The standard InChI is InChI=1S/C13H16N2O2/c1-8-5-12(7-14-6-8)11(4)15-10(3)9(2)13(16)17/h5-7H,1-4H3,(H,16,17)/b10-9+,15-11?. The zero-order chi connectivity index (χ0) is 13.0. The molecule has 1 heterocycles. The van der Waals surface area contributed by atoms with E-state index in [2.05, 4.69) is 9.98 Å². The molecule has 0 radical (unpaired) electrons. The van der Waals surface area contributed by atoms with E-state index >= 15 is 0 Å². The molecule has 1 aromatic rings. The number of hydrogen-bond donors (Lipinski definition) is 1. The molecular weight excluding hydrogens is 216 g/mol. The summed E-state index contributed by atoms with van der Waals surface area (Å²) in [4.78, 5) is 19.1. The molecule has 17 heavy (non-hydrogen) atoms. The van der Waals surface area contributed by atoms with E-state index in [1.54, 1.807) is 26.2 Å². The summed E-state index contributed by atoms with van der Waals surface area (Å²) in [6, 6.07) is 1.97. The second kappa shape index (κ2) is 5.39. The monoisotopic (exact) mass is 232 g/mol. The Hall–Kier alpha value is -1.97. The van der Waals surface area contributed by atoms with Crippen LogP contribution in [0.4, 0.5) is 0 Å². The number of pyridine rings is 1. The van der Waals surface area contributed by atoms with Gasteiger partial charge in [-0.15, -0.1) is 0 Å². The van der Waals surface area contributed by atoms with E-state index in [-0.39, 0.29) is 5.57 Å². The lowest BCUT2D eigenvalue weighted by molar-refractivity contribution is -0.132. The lowest BCUT2D eigenvalue weighted by Crippen LogP contribution is -2.01. The van der Waals surface area contributed by atoms with Crippen LogP contribution in [-0.4, -0.2) is 21.8 Å². The van der Waals surface area contributed by atoms with Gasteiger partial charge in [-0.2, -0.15) is 0 Å². The number of nitrogens with zero attached hydrogens (tertiary/aromatic N) is 2. The second-order valence-corrected chi connectivity index (χ2v) is 3.96. The van der Waals surface area contributed by atoms with Crippen LogP contribution in [-0.2, 0) is 4.79 Å². The number of aliphatic carboxylic acids is 1. The van der Waals surface area contributed by atoms with E-state index in [1.807, 2.05) is 19.9 Å². The summed E-state index contributed by atoms with van der Waals surface area (Å²) in [7, 11) is 0. The van der Waals surface area contributed by atoms with Gasteiger partial charge in [-0.25, -0.2) is 4.79 Å². The molecule has 0 spiro atoms. The third-order valence-corrected chi connectivity index (χ3v) is 2.49. The fourth-order valence-corrected chi connectivity index (χ4v) is 1.31. The normalized spacial score (nSPS) is 13.3. The highest BCUT2D eigenvalue weighted by Crippen LogP contribution is 2.09. The lowest BCUT2D eigenvalue weighted by atomic mass is 10.1. The first-order chi connectivity index (χ1) is 7.91. The van der Waals surface area contributed by atoms with Crippen LogP contribution in [0.5, 0.6) is 0 Å². The average Bonchev–Trinajstić information content (AvgIpc) is 2.27. The molecule has 0 aliphatic carbocycles. The van der Waals surface area contributed by atoms with Gasteiger partial charge >= 0.3 is 5.97 Å². The molecule has 0 fully saturated rings. The summed E-state index contributed by atoms with van der Waals surface area (Å²) in [5.41, 5.74) is 3.48. The number of rotatable bonds is 3. The van der Waals surface area contributed by atoms with Gasteiger partial charge in [0.25, 0.3) is 0 Å². The van der Waals surface area contributed by atoms with Crippen LogP contribution in [0.3, 0.4) is 0 Å². The number of carboxylic acid groups (broad SMARTS) is 1. The van der Waals surface area contributed by atoms with Crippen LogP contribution in [0.15, 0.2) is 34.7 Å². The number of allylic oxidation sites excluding steroid dienone is 1. The minimum atomic E-state index is -0.943. The molecule has 4 heteroatoms. The van der Waals surface area contributed by atoms with E-state index in [1.165, 1.54) is 0 Å². The molecule has 1 aromatic heterocycles. The predicted octanol–water partition coefficient (Wildman–Crippen LogP) is 2.58. The summed E-state index contributed by atoms with van der Waals surface area (Å²) in [5, 5.41) is 8.84.